The first-order valence-electron chi connectivity index (χ1n) is 7.59. The van der Waals surface area contributed by atoms with E-state index in [0.29, 0.717) is 6.54 Å². The molecule has 0 aliphatic rings. The second kappa shape index (κ2) is 7.92. The number of nitrogens with zero attached hydrogens (tertiary/aromatic N) is 3. The molecule has 0 radical (unpaired) electrons. The molecule has 23 heavy (non-hydrogen) atoms. The molecule has 0 saturated heterocycles. The fourth-order valence-electron chi connectivity index (χ4n) is 1.91. The van der Waals surface area contributed by atoms with Gasteiger partial charge in [-0.1, -0.05) is 19.1 Å². The topological polar surface area (TPSA) is 38.9 Å². The SMILES string of the molecule is C=C(C)CN=c1scc(-c2ccc(OC)cc2)n1N=C(C)CC. The molecule has 0 bridgehead atoms. The molecule has 0 aliphatic heterocycles. The van der Waals surface area contributed by atoms with Gasteiger partial charge in [0.1, 0.15) is 5.75 Å². The Hall–Kier alpha value is -2.14. The molecular formula is C18H23N3OS. The van der Waals surface area contributed by atoms with Crippen LogP contribution in [0.1, 0.15) is 27.2 Å². The zero-order valence-corrected chi connectivity index (χ0v) is 15.0. The number of hydrogen-bond donors (Lipinski definition) is 0. The van der Waals surface area contributed by atoms with Gasteiger partial charge in [-0.2, -0.15) is 5.10 Å². The van der Waals surface area contributed by atoms with Gasteiger partial charge in [-0.05, 0) is 44.5 Å². The molecule has 0 N–H and O–H groups in total. The molecule has 0 unspecified atom stereocenters. The van der Waals surface area contributed by atoms with E-state index in [9.17, 15) is 0 Å². The lowest BCUT2D eigenvalue weighted by atomic mass is 10.2. The predicted octanol–water partition coefficient (Wildman–Crippen LogP) is 4.34. The van der Waals surface area contributed by atoms with Crippen molar-refractivity contribution < 1.29 is 4.74 Å². The molecule has 0 amide bonds. The largest absolute Gasteiger partial charge is 0.497 e. The van der Waals surface area contributed by atoms with Crippen molar-refractivity contribution in [2.24, 2.45) is 10.1 Å². The van der Waals surface area contributed by atoms with Crippen LogP contribution in [0, 0.1) is 0 Å². The average molecular weight is 329 g/mol. The van der Waals surface area contributed by atoms with Crippen molar-refractivity contribution in [1.82, 2.24) is 4.68 Å². The van der Waals surface area contributed by atoms with Crippen molar-refractivity contribution in [3.8, 4) is 17.0 Å². The third kappa shape index (κ3) is 4.42. The van der Waals surface area contributed by atoms with Crippen molar-refractivity contribution in [2.45, 2.75) is 27.2 Å². The second-order valence-electron chi connectivity index (χ2n) is 5.41. The Morgan fingerprint density at radius 1 is 1.26 bits per heavy atom. The normalized spacial score (nSPS) is 12.5. The van der Waals surface area contributed by atoms with Gasteiger partial charge >= 0.3 is 0 Å². The fourth-order valence-corrected chi connectivity index (χ4v) is 2.74. The lowest BCUT2D eigenvalue weighted by Gasteiger charge is -2.06. The number of rotatable bonds is 6. The fraction of sp³-hybridized carbons (Fsp3) is 0.333. The summed E-state index contributed by atoms with van der Waals surface area (Å²) in [5, 5.41) is 6.81. The van der Waals surface area contributed by atoms with Crippen molar-refractivity contribution in [1.29, 1.82) is 0 Å². The summed E-state index contributed by atoms with van der Waals surface area (Å²) in [6, 6.07) is 7.99. The number of ether oxygens (including phenoxy) is 1. The van der Waals surface area contributed by atoms with Crippen LogP contribution < -0.4 is 9.54 Å². The van der Waals surface area contributed by atoms with E-state index < -0.39 is 0 Å². The number of thiazole rings is 1. The zero-order valence-electron chi connectivity index (χ0n) is 14.2. The quantitative estimate of drug-likeness (QED) is 0.574. The summed E-state index contributed by atoms with van der Waals surface area (Å²) in [4.78, 5) is 5.50. The summed E-state index contributed by atoms with van der Waals surface area (Å²) in [6.07, 6.45) is 0.908. The van der Waals surface area contributed by atoms with Crippen LogP contribution in [0.25, 0.3) is 11.3 Å². The summed E-state index contributed by atoms with van der Waals surface area (Å²) < 4.78 is 7.15. The van der Waals surface area contributed by atoms with Gasteiger partial charge < -0.3 is 4.74 Å². The van der Waals surface area contributed by atoms with E-state index in [2.05, 4.69) is 23.9 Å². The Morgan fingerprint density at radius 3 is 2.52 bits per heavy atom. The first-order valence-corrected chi connectivity index (χ1v) is 8.47. The van der Waals surface area contributed by atoms with Crippen molar-refractivity contribution in [3.63, 3.8) is 0 Å². The van der Waals surface area contributed by atoms with E-state index in [1.54, 1.807) is 18.4 Å². The van der Waals surface area contributed by atoms with Crippen molar-refractivity contribution in [2.75, 3.05) is 13.7 Å². The van der Waals surface area contributed by atoms with Gasteiger partial charge in [-0.3, -0.25) is 4.99 Å². The number of methoxy groups -OCH3 is 1. The highest BCUT2D eigenvalue weighted by Gasteiger charge is 2.08. The van der Waals surface area contributed by atoms with Crippen LogP contribution in [0.3, 0.4) is 0 Å². The molecule has 0 fully saturated rings. The highest BCUT2D eigenvalue weighted by Crippen LogP contribution is 2.23. The van der Waals surface area contributed by atoms with Gasteiger partial charge in [-0.15, -0.1) is 11.3 Å². The van der Waals surface area contributed by atoms with Gasteiger partial charge in [0, 0.05) is 16.7 Å². The Kier molecular flexibility index (Phi) is 5.93. The second-order valence-corrected chi connectivity index (χ2v) is 6.24. The van der Waals surface area contributed by atoms with Crippen LogP contribution in [-0.2, 0) is 0 Å². The number of hydrogen-bond acceptors (Lipinski definition) is 4. The highest BCUT2D eigenvalue weighted by atomic mass is 32.1. The Bertz CT molecular complexity index is 766. The highest BCUT2D eigenvalue weighted by molar-refractivity contribution is 7.07. The first kappa shape index (κ1) is 17.2. The summed E-state index contributed by atoms with van der Waals surface area (Å²) >= 11 is 1.59. The lowest BCUT2D eigenvalue weighted by molar-refractivity contribution is 0.415. The molecule has 0 saturated carbocycles. The van der Waals surface area contributed by atoms with Gasteiger partial charge in [0.05, 0.1) is 19.3 Å². The maximum absolute atomic E-state index is 5.23. The molecule has 4 nitrogen and oxygen atoms in total. The molecule has 1 aromatic carbocycles. The molecule has 1 aromatic heterocycles. The Morgan fingerprint density at radius 2 is 1.96 bits per heavy atom. The average Bonchev–Trinajstić information content (AvgIpc) is 2.95. The summed E-state index contributed by atoms with van der Waals surface area (Å²) in [5.74, 6) is 0.843. The minimum atomic E-state index is 0.614. The van der Waals surface area contributed by atoms with E-state index >= 15 is 0 Å². The first-order chi connectivity index (χ1) is 11.0. The monoisotopic (exact) mass is 329 g/mol. The number of aromatic nitrogens is 1. The van der Waals surface area contributed by atoms with Gasteiger partial charge in [0.25, 0.3) is 0 Å². The molecular weight excluding hydrogens is 306 g/mol. The standard InChI is InChI=1S/C18H23N3OS/c1-6-14(4)20-21-17(12-23-18(21)19-11-13(2)3)15-7-9-16(22-5)10-8-15/h7-10,12H,2,6,11H2,1,3-5H3. The van der Waals surface area contributed by atoms with Crippen molar-refractivity contribution >= 4 is 17.0 Å². The van der Waals surface area contributed by atoms with E-state index in [4.69, 9.17) is 9.84 Å². The Labute approximate surface area is 141 Å². The molecule has 2 rings (SSSR count). The number of benzene rings is 1. The summed E-state index contributed by atoms with van der Waals surface area (Å²) in [7, 11) is 1.67. The third-order valence-electron chi connectivity index (χ3n) is 3.34. The van der Waals surface area contributed by atoms with E-state index in [-0.39, 0.29) is 0 Å². The smallest absolute Gasteiger partial charge is 0.206 e. The van der Waals surface area contributed by atoms with E-state index in [1.165, 1.54) is 0 Å². The van der Waals surface area contributed by atoms with Crippen LogP contribution in [0.5, 0.6) is 5.75 Å². The predicted molar refractivity (Wildman–Crippen MR) is 98.3 cm³/mol. The maximum Gasteiger partial charge on any atom is 0.206 e. The van der Waals surface area contributed by atoms with Crippen LogP contribution >= 0.6 is 11.3 Å². The van der Waals surface area contributed by atoms with Crippen LogP contribution in [0.4, 0.5) is 0 Å². The zero-order chi connectivity index (χ0) is 16.8. The van der Waals surface area contributed by atoms with Crippen LogP contribution in [0.2, 0.25) is 0 Å². The third-order valence-corrected chi connectivity index (χ3v) is 4.19. The van der Waals surface area contributed by atoms with Gasteiger partial charge in [-0.25, -0.2) is 4.68 Å². The minimum Gasteiger partial charge on any atom is -0.497 e. The maximum atomic E-state index is 5.23. The molecule has 2 aromatic rings. The molecule has 0 spiro atoms. The van der Waals surface area contributed by atoms with Crippen LogP contribution in [-0.4, -0.2) is 24.0 Å². The molecule has 0 atom stereocenters. The molecule has 122 valence electrons. The summed E-state index contributed by atoms with van der Waals surface area (Å²) in [6.45, 7) is 10.6. The van der Waals surface area contributed by atoms with Gasteiger partial charge in [0.15, 0.2) is 0 Å². The Balaban J connectivity index is 2.54. The molecule has 5 heteroatoms. The molecule has 0 aliphatic carbocycles. The van der Waals surface area contributed by atoms with Crippen LogP contribution in [0.15, 0.2) is 51.9 Å². The van der Waals surface area contributed by atoms with E-state index in [1.807, 2.05) is 42.8 Å². The van der Waals surface area contributed by atoms with Gasteiger partial charge in [0.2, 0.25) is 4.80 Å². The molecule has 1 heterocycles. The lowest BCUT2D eigenvalue weighted by Crippen LogP contribution is -2.14. The van der Waals surface area contributed by atoms with E-state index in [0.717, 1.165) is 39.5 Å². The minimum absolute atomic E-state index is 0.614. The van der Waals surface area contributed by atoms with Crippen molar-refractivity contribution in [3.05, 3.63) is 46.6 Å². The summed E-state index contributed by atoms with van der Waals surface area (Å²) in [5.41, 5.74) is 4.22.